The molecule has 2 aromatic carbocycles. The number of carbonyl (C=O) groups excluding carboxylic acids is 1. The molecule has 0 atom stereocenters. The zero-order chi connectivity index (χ0) is 22.1. The maximum atomic E-state index is 12.5. The molecular formula is C24H31N3O3S. The highest BCUT2D eigenvalue weighted by Gasteiger charge is 2.16. The molecule has 0 unspecified atom stereocenters. The molecule has 6 nitrogen and oxygen atoms in total. The van der Waals surface area contributed by atoms with E-state index in [2.05, 4.69) is 41.5 Å². The Morgan fingerprint density at radius 1 is 1.00 bits per heavy atom. The van der Waals surface area contributed by atoms with Crippen LogP contribution in [0.2, 0.25) is 0 Å². The van der Waals surface area contributed by atoms with Gasteiger partial charge in [0.25, 0.3) is 5.91 Å². The first-order valence-electron chi connectivity index (χ1n) is 10.9. The van der Waals surface area contributed by atoms with Crippen LogP contribution in [-0.4, -0.2) is 35.8 Å². The van der Waals surface area contributed by atoms with Gasteiger partial charge in [-0.15, -0.1) is 0 Å². The van der Waals surface area contributed by atoms with Crippen molar-refractivity contribution in [1.82, 2.24) is 10.2 Å². The Bertz CT molecular complexity index is 878. The molecule has 3 rings (SSSR count). The fourth-order valence-electron chi connectivity index (χ4n) is 3.36. The molecule has 1 amide bonds. The summed E-state index contributed by atoms with van der Waals surface area (Å²) in [6, 6.07) is 13.3. The second-order valence-corrected chi connectivity index (χ2v) is 8.06. The zero-order valence-corrected chi connectivity index (χ0v) is 19.1. The summed E-state index contributed by atoms with van der Waals surface area (Å²) in [6.07, 6.45) is 4.86. The van der Waals surface area contributed by atoms with E-state index in [4.69, 9.17) is 21.7 Å². The van der Waals surface area contributed by atoms with Crippen LogP contribution in [0.1, 0.15) is 55.5 Å². The molecule has 0 bridgehead atoms. The van der Waals surface area contributed by atoms with E-state index in [0.717, 1.165) is 25.3 Å². The number of carbonyl (C=O) groups is 1. The monoisotopic (exact) mass is 441 g/mol. The lowest BCUT2D eigenvalue weighted by atomic mass is 10.1. The Morgan fingerprint density at radius 3 is 2.35 bits per heavy atom. The quantitative estimate of drug-likeness (QED) is 0.509. The van der Waals surface area contributed by atoms with Crippen LogP contribution in [0, 0.1) is 0 Å². The van der Waals surface area contributed by atoms with Gasteiger partial charge in [-0.3, -0.25) is 15.0 Å². The summed E-state index contributed by atoms with van der Waals surface area (Å²) in [5, 5.41) is 6.03. The number of benzene rings is 2. The van der Waals surface area contributed by atoms with Crippen molar-refractivity contribution in [3.05, 3.63) is 53.6 Å². The molecule has 0 spiro atoms. The van der Waals surface area contributed by atoms with Crippen LogP contribution >= 0.6 is 12.2 Å². The van der Waals surface area contributed by atoms with Crippen LogP contribution in [-0.2, 0) is 6.54 Å². The molecule has 31 heavy (non-hydrogen) atoms. The van der Waals surface area contributed by atoms with Gasteiger partial charge in [0.15, 0.2) is 16.6 Å². The van der Waals surface area contributed by atoms with Gasteiger partial charge < -0.3 is 14.8 Å². The lowest BCUT2D eigenvalue weighted by Gasteiger charge is -2.22. The normalized spacial score (nSPS) is 12.1. The highest BCUT2D eigenvalue weighted by molar-refractivity contribution is 7.80. The number of hydrogen-bond acceptors (Lipinski definition) is 5. The molecule has 0 saturated heterocycles. The smallest absolute Gasteiger partial charge is 0.257 e. The van der Waals surface area contributed by atoms with Crippen LogP contribution in [0.15, 0.2) is 42.5 Å². The summed E-state index contributed by atoms with van der Waals surface area (Å²) in [5.41, 5.74) is 2.57. The van der Waals surface area contributed by atoms with Gasteiger partial charge in [0.1, 0.15) is 0 Å². The fraction of sp³-hybridized carbons (Fsp3) is 0.417. The molecule has 0 radical (unpaired) electrons. The van der Waals surface area contributed by atoms with E-state index < -0.39 is 0 Å². The Hall–Kier alpha value is -2.64. The number of ether oxygens (including phenoxy) is 2. The third-order valence-electron chi connectivity index (χ3n) is 5.14. The van der Waals surface area contributed by atoms with Gasteiger partial charge in [0.2, 0.25) is 6.79 Å². The molecular weight excluding hydrogens is 410 g/mol. The molecule has 0 aliphatic carbocycles. The van der Waals surface area contributed by atoms with E-state index in [1.807, 2.05) is 12.1 Å². The van der Waals surface area contributed by atoms with Gasteiger partial charge >= 0.3 is 0 Å². The summed E-state index contributed by atoms with van der Waals surface area (Å²) in [5.74, 6) is 0.907. The van der Waals surface area contributed by atoms with Gasteiger partial charge in [0, 0.05) is 17.8 Å². The topological polar surface area (TPSA) is 62.8 Å². The molecule has 7 heteroatoms. The Balaban J connectivity index is 1.51. The molecule has 1 aliphatic rings. The summed E-state index contributed by atoms with van der Waals surface area (Å²) in [4.78, 5) is 15.0. The van der Waals surface area contributed by atoms with E-state index >= 15 is 0 Å². The molecule has 0 aromatic heterocycles. The van der Waals surface area contributed by atoms with E-state index in [9.17, 15) is 4.79 Å². The number of rotatable bonds is 10. The number of anilines is 1. The molecule has 0 saturated carbocycles. The van der Waals surface area contributed by atoms with Crippen LogP contribution in [0.4, 0.5) is 5.69 Å². The fourth-order valence-corrected chi connectivity index (χ4v) is 3.57. The van der Waals surface area contributed by atoms with Crippen LogP contribution in [0.5, 0.6) is 11.5 Å². The van der Waals surface area contributed by atoms with Gasteiger partial charge in [0.05, 0.1) is 0 Å². The summed E-state index contributed by atoms with van der Waals surface area (Å²) < 4.78 is 10.6. The summed E-state index contributed by atoms with van der Waals surface area (Å²) in [7, 11) is 0. The minimum absolute atomic E-state index is 0.172. The Kier molecular flexibility index (Phi) is 8.67. The second kappa shape index (κ2) is 11.7. The van der Waals surface area contributed by atoms with Crippen LogP contribution in [0.25, 0.3) is 0 Å². The minimum atomic E-state index is -0.296. The van der Waals surface area contributed by atoms with Crippen molar-refractivity contribution >= 4 is 28.9 Å². The molecule has 1 aliphatic heterocycles. The third kappa shape index (κ3) is 6.94. The van der Waals surface area contributed by atoms with E-state index in [1.54, 1.807) is 18.2 Å². The molecule has 2 aromatic rings. The summed E-state index contributed by atoms with van der Waals surface area (Å²) in [6.45, 7) is 7.84. The second-order valence-electron chi connectivity index (χ2n) is 7.66. The van der Waals surface area contributed by atoms with Crippen molar-refractivity contribution in [3.63, 3.8) is 0 Å². The SMILES string of the molecule is CCCCN(CCCC)Cc1ccc(NC(=S)NC(=O)c2ccc3c(c2)OCO3)cc1. The van der Waals surface area contributed by atoms with E-state index in [1.165, 1.54) is 31.2 Å². The van der Waals surface area contributed by atoms with Crippen molar-refractivity contribution in [3.8, 4) is 11.5 Å². The largest absolute Gasteiger partial charge is 0.454 e. The molecule has 1 heterocycles. The maximum Gasteiger partial charge on any atom is 0.257 e. The van der Waals surface area contributed by atoms with Crippen molar-refractivity contribution in [2.75, 3.05) is 25.2 Å². The van der Waals surface area contributed by atoms with Gasteiger partial charge in [-0.05, 0) is 74.0 Å². The van der Waals surface area contributed by atoms with Crippen molar-refractivity contribution in [2.24, 2.45) is 0 Å². The minimum Gasteiger partial charge on any atom is -0.454 e. The van der Waals surface area contributed by atoms with Crippen molar-refractivity contribution in [2.45, 2.75) is 46.1 Å². The zero-order valence-electron chi connectivity index (χ0n) is 18.3. The lowest BCUT2D eigenvalue weighted by molar-refractivity contribution is 0.0977. The highest BCUT2D eigenvalue weighted by atomic mass is 32.1. The van der Waals surface area contributed by atoms with Gasteiger partial charge in [-0.1, -0.05) is 38.8 Å². The van der Waals surface area contributed by atoms with Gasteiger partial charge in [-0.2, -0.15) is 0 Å². The molecule has 166 valence electrons. The third-order valence-corrected chi connectivity index (χ3v) is 5.34. The first-order valence-corrected chi connectivity index (χ1v) is 11.3. The number of nitrogens with one attached hydrogen (secondary N) is 2. The average molecular weight is 442 g/mol. The number of amides is 1. The number of unbranched alkanes of at least 4 members (excludes halogenated alkanes) is 2. The van der Waals surface area contributed by atoms with E-state index in [0.29, 0.717) is 17.1 Å². The van der Waals surface area contributed by atoms with Crippen LogP contribution < -0.4 is 20.1 Å². The highest BCUT2D eigenvalue weighted by Crippen LogP contribution is 2.32. The Morgan fingerprint density at radius 2 is 1.68 bits per heavy atom. The Labute approximate surface area is 189 Å². The first-order chi connectivity index (χ1) is 15.1. The van der Waals surface area contributed by atoms with Crippen molar-refractivity contribution < 1.29 is 14.3 Å². The number of nitrogens with zero attached hydrogens (tertiary/aromatic N) is 1. The van der Waals surface area contributed by atoms with E-state index in [-0.39, 0.29) is 17.8 Å². The van der Waals surface area contributed by atoms with Gasteiger partial charge in [-0.25, -0.2) is 0 Å². The average Bonchev–Trinajstić information content (AvgIpc) is 3.24. The molecule has 2 N–H and O–H groups in total. The lowest BCUT2D eigenvalue weighted by Crippen LogP contribution is -2.34. The predicted octanol–water partition coefficient (Wildman–Crippen LogP) is 4.94. The first kappa shape index (κ1) is 23.0. The maximum absolute atomic E-state index is 12.5. The number of fused-ring (bicyclic) bond motifs is 1. The number of hydrogen-bond donors (Lipinski definition) is 2. The molecule has 0 fully saturated rings. The number of thiocarbonyl (C=S) groups is 1. The predicted molar refractivity (Wildman–Crippen MR) is 128 cm³/mol. The van der Waals surface area contributed by atoms with Crippen LogP contribution in [0.3, 0.4) is 0 Å². The summed E-state index contributed by atoms with van der Waals surface area (Å²) >= 11 is 5.30. The standard InChI is InChI=1S/C24H31N3O3S/c1-3-5-13-27(14-6-4-2)16-18-7-10-20(11-8-18)25-24(31)26-23(28)19-9-12-21-22(15-19)30-17-29-21/h7-12,15H,3-6,13-14,16-17H2,1-2H3,(H2,25,26,28,31). The van der Waals surface area contributed by atoms with Crippen molar-refractivity contribution in [1.29, 1.82) is 0 Å².